The van der Waals surface area contributed by atoms with Crippen molar-refractivity contribution in [2.75, 3.05) is 0 Å². The number of rotatable bonds is 3. The van der Waals surface area contributed by atoms with Gasteiger partial charge in [-0.2, -0.15) is 0 Å². The lowest BCUT2D eigenvalue weighted by atomic mass is 10.1. The fourth-order valence-electron chi connectivity index (χ4n) is 1.02. The SMILES string of the molecule is C=CC(=O)/C=C/c1cccc(C)c1. The van der Waals surface area contributed by atoms with E-state index in [2.05, 4.69) is 6.58 Å². The molecule has 13 heavy (non-hydrogen) atoms. The maximum atomic E-state index is 10.9. The average Bonchev–Trinajstić information content (AvgIpc) is 2.14. The molecule has 1 heteroatoms. The molecule has 66 valence electrons. The van der Waals surface area contributed by atoms with Crippen LogP contribution in [0.1, 0.15) is 11.1 Å². The zero-order valence-electron chi connectivity index (χ0n) is 7.66. The Balaban J connectivity index is 2.79. The number of benzene rings is 1. The Morgan fingerprint density at radius 1 is 1.46 bits per heavy atom. The van der Waals surface area contributed by atoms with Crippen LogP contribution in [0.3, 0.4) is 0 Å². The lowest BCUT2D eigenvalue weighted by Crippen LogP contribution is -1.82. The van der Waals surface area contributed by atoms with Crippen molar-refractivity contribution in [2.45, 2.75) is 6.92 Å². The molecule has 0 saturated carbocycles. The first-order valence-electron chi connectivity index (χ1n) is 4.13. The molecule has 0 amide bonds. The van der Waals surface area contributed by atoms with Crippen LogP contribution in [-0.4, -0.2) is 5.78 Å². The number of ketones is 1. The van der Waals surface area contributed by atoms with E-state index in [4.69, 9.17) is 0 Å². The molecule has 0 radical (unpaired) electrons. The molecule has 0 spiro atoms. The Morgan fingerprint density at radius 3 is 2.85 bits per heavy atom. The van der Waals surface area contributed by atoms with Gasteiger partial charge in [0.25, 0.3) is 0 Å². The molecule has 1 rings (SSSR count). The van der Waals surface area contributed by atoms with E-state index in [0.29, 0.717) is 0 Å². The van der Waals surface area contributed by atoms with Gasteiger partial charge in [0.1, 0.15) is 0 Å². The lowest BCUT2D eigenvalue weighted by molar-refractivity contribution is -0.110. The Kier molecular flexibility index (Phi) is 3.21. The van der Waals surface area contributed by atoms with Crippen LogP contribution in [0.2, 0.25) is 0 Å². The summed E-state index contributed by atoms with van der Waals surface area (Å²) < 4.78 is 0. The van der Waals surface area contributed by atoms with Gasteiger partial charge < -0.3 is 0 Å². The normalized spacial score (nSPS) is 10.2. The van der Waals surface area contributed by atoms with Crippen LogP contribution in [0.5, 0.6) is 0 Å². The molecule has 0 heterocycles. The molecule has 0 unspecified atom stereocenters. The maximum Gasteiger partial charge on any atom is 0.178 e. The minimum absolute atomic E-state index is 0.0680. The van der Waals surface area contributed by atoms with Gasteiger partial charge in [-0.05, 0) is 24.6 Å². The summed E-state index contributed by atoms with van der Waals surface area (Å²) in [5, 5.41) is 0. The minimum atomic E-state index is -0.0680. The first kappa shape index (κ1) is 9.46. The summed E-state index contributed by atoms with van der Waals surface area (Å²) in [7, 11) is 0. The summed E-state index contributed by atoms with van der Waals surface area (Å²) in [5.41, 5.74) is 2.23. The molecule has 0 aliphatic heterocycles. The minimum Gasteiger partial charge on any atom is -0.290 e. The van der Waals surface area contributed by atoms with E-state index in [-0.39, 0.29) is 5.78 Å². The van der Waals surface area contributed by atoms with Gasteiger partial charge in [0.15, 0.2) is 5.78 Å². The van der Waals surface area contributed by atoms with E-state index in [1.165, 1.54) is 17.7 Å². The number of carbonyl (C=O) groups excluding carboxylic acids is 1. The first-order chi connectivity index (χ1) is 6.22. The van der Waals surface area contributed by atoms with Crippen LogP contribution < -0.4 is 0 Å². The topological polar surface area (TPSA) is 17.1 Å². The second-order valence-corrected chi connectivity index (χ2v) is 2.85. The largest absolute Gasteiger partial charge is 0.290 e. The molecule has 0 saturated heterocycles. The van der Waals surface area contributed by atoms with Crippen molar-refractivity contribution < 1.29 is 4.79 Å². The van der Waals surface area contributed by atoms with Crippen LogP contribution in [0.25, 0.3) is 6.08 Å². The molecule has 1 aromatic rings. The highest BCUT2D eigenvalue weighted by atomic mass is 16.1. The van der Waals surface area contributed by atoms with E-state index in [1.54, 1.807) is 6.08 Å². The molecule has 0 aromatic heterocycles. The van der Waals surface area contributed by atoms with Crippen molar-refractivity contribution >= 4 is 11.9 Å². The van der Waals surface area contributed by atoms with Gasteiger partial charge in [0.05, 0.1) is 0 Å². The zero-order chi connectivity index (χ0) is 9.68. The first-order valence-corrected chi connectivity index (χ1v) is 4.13. The summed E-state index contributed by atoms with van der Waals surface area (Å²) in [6.45, 7) is 5.41. The van der Waals surface area contributed by atoms with E-state index < -0.39 is 0 Å². The quantitative estimate of drug-likeness (QED) is 0.641. The van der Waals surface area contributed by atoms with E-state index >= 15 is 0 Å². The fourth-order valence-corrected chi connectivity index (χ4v) is 1.02. The fraction of sp³-hybridized carbons (Fsp3) is 0.0833. The monoisotopic (exact) mass is 172 g/mol. The second kappa shape index (κ2) is 4.41. The van der Waals surface area contributed by atoms with Gasteiger partial charge in [-0.25, -0.2) is 0 Å². The predicted octanol–water partition coefficient (Wildman–Crippen LogP) is 2.76. The molecule has 1 aromatic carbocycles. The highest BCUT2D eigenvalue weighted by Gasteiger charge is 1.89. The number of hydrogen-bond acceptors (Lipinski definition) is 1. The summed E-state index contributed by atoms with van der Waals surface area (Å²) in [6, 6.07) is 7.97. The van der Waals surface area contributed by atoms with Gasteiger partial charge in [-0.1, -0.05) is 42.5 Å². The third kappa shape index (κ3) is 3.08. The van der Waals surface area contributed by atoms with Gasteiger partial charge in [-0.15, -0.1) is 0 Å². The number of carbonyl (C=O) groups is 1. The standard InChI is InChI=1S/C12H12O/c1-3-12(13)8-7-11-6-4-5-10(2)9-11/h3-9H,1H2,2H3/b8-7+. The molecule has 0 aliphatic carbocycles. The summed E-state index contributed by atoms with van der Waals surface area (Å²) in [5.74, 6) is -0.0680. The van der Waals surface area contributed by atoms with Crippen molar-refractivity contribution in [1.82, 2.24) is 0 Å². The predicted molar refractivity (Wildman–Crippen MR) is 55.4 cm³/mol. The van der Waals surface area contributed by atoms with Crippen molar-refractivity contribution in [2.24, 2.45) is 0 Å². The van der Waals surface area contributed by atoms with E-state index in [0.717, 1.165) is 5.56 Å². The summed E-state index contributed by atoms with van der Waals surface area (Å²) in [6.07, 6.45) is 4.60. The van der Waals surface area contributed by atoms with Crippen LogP contribution >= 0.6 is 0 Å². The molecule has 0 fully saturated rings. The maximum absolute atomic E-state index is 10.9. The van der Waals surface area contributed by atoms with Gasteiger partial charge >= 0.3 is 0 Å². The van der Waals surface area contributed by atoms with Gasteiger partial charge in [0.2, 0.25) is 0 Å². The summed E-state index contributed by atoms with van der Waals surface area (Å²) >= 11 is 0. The van der Waals surface area contributed by atoms with Crippen molar-refractivity contribution in [3.8, 4) is 0 Å². The molecule has 0 aliphatic rings. The molecular formula is C12H12O. The van der Waals surface area contributed by atoms with E-state index in [1.807, 2.05) is 31.2 Å². The van der Waals surface area contributed by atoms with Crippen LogP contribution in [0, 0.1) is 6.92 Å². The van der Waals surface area contributed by atoms with Crippen molar-refractivity contribution in [3.05, 3.63) is 54.1 Å². The molecule has 0 atom stereocenters. The highest BCUT2D eigenvalue weighted by Crippen LogP contribution is 2.05. The zero-order valence-corrected chi connectivity index (χ0v) is 7.66. The van der Waals surface area contributed by atoms with Crippen molar-refractivity contribution in [3.63, 3.8) is 0 Å². The average molecular weight is 172 g/mol. The number of allylic oxidation sites excluding steroid dienone is 2. The van der Waals surface area contributed by atoms with Gasteiger partial charge in [-0.3, -0.25) is 4.79 Å². The Labute approximate surface area is 78.4 Å². The summed E-state index contributed by atoms with van der Waals surface area (Å²) in [4.78, 5) is 10.9. The van der Waals surface area contributed by atoms with Crippen molar-refractivity contribution in [1.29, 1.82) is 0 Å². The molecule has 0 bridgehead atoms. The molecule has 0 N–H and O–H groups in total. The van der Waals surface area contributed by atoms with Crippen LogP contribution in [0.4, 0.5) is 0 Å². The lowest BCUT2D eigenvalue weighted by Gasteiger charge is -1.94. The van der Waals surface area contributed by atoms with Crippen LogP contribution in [0.15, 0.2) is 43.0 Å². The molecule has 1 nitrogen and oxygen atoms in total. The third-order valence-electron chi connectivity index (χ3n) is 1.68. The number of aryl methyl sites for hydroxylation is 1. The highest BCUT2D eigenvalue weighted by molar-refractivity contribution is 6.01. The Bertz CT molecular complexity index is 348. The number of hydrogen-bond donors (Lipinski definition) is 0. The Hall–Kier alpha value is -1.63. The third-order valence-corrected chi connectivity index (χ3v) is 1.68. The molecular weight excluding hydrogens is 160 g/mol. The smallest absolute Gasteiger partial charge is 0.178 e. The Morgan fingerprint density at radius 2 is 2.23 bits per heavy atom. The van der Waals surface area contributed by atoms with Crippen LogP contribution in [-0.2, 0) is 4.79 Å². The van der Waals surface area contributed by atoms with Gasteiger partial charge in [0, 0.05) is 0 Å². The van der Waals surface area contributed by atoms with E-state index in [9.17, 15) is 4.79 Å². The second-order valence-electron chi connectivity index (χ2n) is 2.85.